The molecular weight excluding hydrogens is 573 g/mol. The molecular formula is C29H25F3N4O5S. The minimum atomic E-state index is -4.78. The predicted molar refractivity (Wildman–Crippen MR) is 153 cm³/mol. The number of carbonyl (C=O) groups is 2. The molecule has 3 aromatic rings. The predicted octanol–water partition coefficient (Wildman–Crippen LogP) is 6.10. The van der Waals surface area contributed by atoms with Crippen molar-refractivity contribution in [2.24, 2.45) is 0 Å². The standard InChI is InChI=1S/C29H25F3N4O5S/c1-28(2)26(39)35(21-9-10-23(33-3)22(16-21)29(30,31)32)27(42)36(28)20-7-4-18(5-8-20)19-6-11-24(34-17-19)41-15-14-40-13-12-25(37)38/h4-11,16-17H,12-15H2,1-2H3,(H,37,38). The van der Waals surface area contributed by atoms with Gasteiger partial charge in [-0.15, -0.1) is 0 Å². The average molecular weight is 599 g/mol. The number of carboxylic acid groups (broad SMARTS) is 1. The Morgan fingerprint density at radius 3 is 2.31 bits per heavy atom. The molecule has 13 heteroatoms. The van der Waals surface area contributed by atoms with E-state index in [1.807, 2.05) is 6.07 Å². The molecule has 0 atom stereocenters. The maximum absolute atomic E-state index is 13.6. The lowest BCUT2D eigenvalue weighted by molar-refractivity contribution is -0.138. The van der Waals surface area contributed by atoms with Gasteiger partial charge in [-0.3, -0.25) is 14.5 Å². The summed E-state index contributed by atoms with van der Waals surface area (Å²) in [4.78, 5) is 33.8. The Balaban J connectivity index is 1.49. The van der Waals surface area contributed by atoms with Crippen molar-refractivity contribution in [1.82, 2.24) is 4.98 Å². The van der Waals surface area contributed by atoms with Crippen LogP contribution in [0.4, 0.5) is 30.2 Å². The number of nitrogens with zero attached hydrogens (tertiary/aromatic N) is 4. The van der Waals surface area contributed by atoms with E-state index in [9.17, 15) is 22.8 Å². The fraction of sp³-hybridized carbons (Fsp3) is 0.276. The van der Waals surface area contributed by atoms with E-state index in [0.717, 1.165) is 28.2 Å². The van der Waals surface area contributed by atoms with Gasteiger partial charge in [0.05, 0.1) is 31.8 Å². The summed E-state index contributed by atoms with van der Waals surface area (Å²) in [5, 5.41) is 8.61. The monoisotopic (exact) mass is 598 g/mol. The van der Waals surface area contributed by atoms with Crippen molar-refractivity contribution in [3.63, 3.8) is 0 Å². The summed E-state index contributed by atoms with van der Waals surface area (Å²) in [5.74, 6) is -1.07. The van der Waals surface area contributed by atoms with E-state index in [0.29, 0.717) is 11.6 Å². The van der Waals surface area contributed by atoms with Gasteiger partial charge in [0.1, 0.15) is 12.1 Å². The van der Waals surface area contributed by atoms with Crippen LogP contribution in [0.15, 0.2) is 60.8 Å². The van der Waals surface area contributed by atoms with Gasteiger partial charge in [0.25, 0.3) is 5.91 Å². The van der Waals surface area contributed by atoms with Crippen molar-refractivity contribution in [2.45, 2.75) is 32.0 Å². The second-order valence-corrected chi connectivity index (χ2v) is 10.0. The fourth-order valence-electron chi connectivity index (χ4n) is 4.35. The Hall–Kier alpha value is -4.54. The number of alkyl halides is 3. The summed E-state index contributed by atoms with van der Waals surface area (Å²) in [6.07, 6.45) is -3.24. The Kier molecular flexibility index (Phi) is 8.79. The number of anilines is 2. The molecule has 1 amide bonds. The maximum atomic E-state index is 13.6. The minimum absolute atomic E-state index is 0.0107. The van der Waals surface area contributed by atoms with Crippen molar-refractivity contribution >= 4 is 46.3 Å². The second-order valence-electron chi connectivity index (χ2n) is 9.67. The third-order valence-electron chi connectivity index (χ3n) is 6.47. The highest BCUT2D eigenvalue weighted by atomic mass is 32.1. The quantitative estimate of drug-likeness (QED) is 0.170. The number of carboxylic acids is 1. The van der Waals surface area contributed by atoms with Crippen LogP contribution in [0, 0.1) is 6.57 Å². The Morgan fingerprint density at radius 1 is 1.05 bits per heavy atom. The van der Waals surface area contributed by atoms with Gasteiger partial charge in [0, 0.05) is 29.2 Å². The molecule has 0 bridgehead atoms. The van der Waals surface area contributed by atoms with Crippen LogP contribution in [0.5, 0.6) is 5.88 Å². The molecule has 1 saturated heterocycles. The smallest absolute Gasteiger partial charge is 0.407 e. The van der Waals surface area contributed by atoms with Crippen LogP contribution in [0.2, 0.25) is 0 Å². The van der Waals surface area contributed by atoms with Gasteiger partial charge in [-0.05, 0) is 62.0 Å². The minimum Gasteiger partial charge on any atom is -0.481 e. The summed E-state index contributed by atoms with van der Waals surface area (Å²) < 4.78 is 51.4. The highest BCUT2D eigenvalue weighted by Crippen LogP contribution is 2.42. The number of rotatable bonds is 10. The van der Waals surface area contributed by atoms with Gasteiger partial charge in [0.2, 0.25) is 5.88 Å². The number of ether oxygens (including phenoxy) is 2. The Labute approximate surface area is 244 Å². The van der Waals surface area contributed by atoms with Crippen LogP contribution in [-0.4, -0.2) is 52.4 Å². The van der Waals surface area contributed by atoms with Crippen LogP contribution in [0.1, 0.15) is 25.8 Å². The number of thiocarbonyl (C=S) groups is 1. The molecule has 0 aliphatic carbocycles. The molecule has 1 aliphatic heterocycles. The summed E-state index contributed by atoms with van der Waals surface area (Å²) in [5.41, 5.74) is -0.816. The molecule has 0 radical (unpaired) electrons. The molecule has 0 saturated carbocycles. The summed E-state index contributed by atoms with van der Waals surface area (Å²) in [7, 11) is 0. The van der Waals surface area contributed by atoms with E-state index >= 15 is 0 Å². The molecule has 2 heterocycles. The highest BCUT2D eigenvalue weighted by Gasteiger charge is 2.50. The molecule has 1 aliphatic rings. The van der Waals surface area contributed by atoms with E-state index in [1.165, 1.54) is 6.07 Å². The van der Waals surface area contributed by atoms with Crippen LogP contribution in [-0.2, 0) is 20.5 Å². The molecule has 1 N–H and O–H groups in total. The fourth-order valence-corrected chi connectivity index (χ4v) is 4.87. The first-order chi connectivity index (χ1) is 19.8. The first kappa shape index (κ1) is 30.4. The van der Waals surface area contributed by atoms with Crippen LogP contribution in [0.25, 0.3) is 16.0 Å². The first-order valence-corrected chi connectivity index (χ1v) is 13.0. The lowest BCUT2D eigenvalue weighted by Gasteiger charge is -2.29. The largest absolute Gasteiger partial charge is 0.481 e. The second kappa shape index (κ2) is 12.1. The molecule has 42 heavy (non-hydrogen) atoms. The van der Waals surface area contributed by atoms with E-state index < -0.39 is 34.8 Å². The van der Waals surface area contributed by atoms with Crippen LogP contribution >= 0.6 is 12.2 Å². The molecule has 2 aromatic carbocycles. The Bertz CT molecular complexity index is 1540. The van der Waals surface area contributed by atoms with Crippen molar-refractivity contribution in [1.29, 1.82) is 0 Å². The number of halogens is 3. The third-order valence-corrected chi connectivity index (χ3v) is 6.83. The molecule has 0 spiro atoms. The summed E-state index contributed by atoms with van der Waals surface area (Å²) >= 11 is 5.59. The van der Waals surface area contributed by atoms with Crippen LogP contribution in [0.3, 0.4) is 0 Å². The molecule has 1 fully saturated rings. The number of amides is 1. The number of aromatic nitrogens is 1. The maximum Gasteiger partial charge on any atom is 0.407 e. The molecule has 4 rings (SSSR count). The van der Waals surface area contributed by atoms with E-state index in [2.05, 4.69) is 9.83 Å². The summed E-state index contributed by atoms with van der Waals surface area (Å²) in [6, 6.07) is 13.7. The van der Waals surface area contributed by atoms with Gasteiger partial charge in [0.15, 0.2) is 10.8 Å². The highest BCUT2D eigenvalue weighted by molar-refractivity contribution is 7.81. The molecule has 0 unspecified atom stereocenters. The number of benzene rings is 2. The van der Waals surface area contributed by atoms with E-state index in [1.54, 1.807) is 55.3 Å². The lowest BCUT2D eigenvalue weighted by Crippen LogP contribution is -2.44. The van der Waals surface area contributed by atoms with Gasteiger partial charge in [-0.2, -0.15) is 13.2 Å². The normalized spacial score (nSPS) is 14.7. The van der Waals surface area contributed by atoms with Crippen molar-refractivity contribution in [2.75, 3.05) is 29.6 Å². The van der Waals surface area contributed by atoms with Crippen LogP contribution < -0.4 is 14.5 Å². The zero-order chi connectivity index (χ0) is 30.7. The number of hydrogen-bond acceptors (Lipinski definition) is 6. The molecule has 1 aromatic heterocycles. The third kappa shape index (κ3) is 6.35. The van der Waals surface area contributed by atoms with Gasteiger partial charge in [-0.1, -0.05) is 18.2 Å². The van der Waals surface area contributed by atoms with E-state index in [4.69, 9.17) is 33.4 Å². The van der Waals surface area contributed by atoms with Crippen molar-refractivity contribution in [3.05, 3.63) is 77.8 Å². The SMILES string of the molecule is [C-]#[N+]c1ccc(N2C(=O)C(C)(C)N(c3ccc(-c4ccc(OCCOCCC(=O)O)nc4)cc3)C2=S)cc1C(F)(F)F. The number of pyridine rings is 1. The number of aliphatic carboxylic acids is 1. The van der Waals surface area contributed by atoms with E-state index in [-0.39, 0.29) is 37.0 Å². The van der Waals surface area contributed by atoms with Gasteiger partial charge < -0.3 is 19.5 Å². The average Bonchev–Trinajstić information content (AvgIpc) is 3.13. The van der Waals surface area contributed by atoms with Crippen molar-refractivity contribution in [3.8, 4) is 17.0 Å². The lowest BCUT2D eigenvalue weighted by atomic mass is 10.0. The molecule has 9 nitrogen and oxygen atoms in total. The molecule has 218 valence electrons. The van der Waals surface area contributed by atoms with Gasteiger partial charge in [-0.25, -0.2) is 9.83 Å². The zero-order valence-corrected chi connectivity index (χ0v) is 23.3. The topological polar surface area (TPSA) is 96.6 Å². The van der Waals surface area contributed by atoms with Gasteiger partial charge >= 0.3 is 12.1 Å². The first-order valence-electron chi connectivity index (χ1n) is 12.6. The Morgan fingerprint density at radius 2 is 1.71 bits per heavy atom. The number of hydrogen-bond donors (Lipinski definition) is 1. The van der Waals surface area contributed by atoms with Crippen molar-refractivity contribution < 1.29 is 37.3 Å². The summed E-state index contributed by atoms with van der Waals surface area (Å²) in [6.45, 7) is 10.9. The number of carbonyl (C=O) groups excluding carboxylic acids is 1. The zero-order valence-electron chi connectivity index (χ0n) is 22.5.